The van der Waals surface area contributed by atoms with Gasteiger partial charge in [-0.05, 0) is 48.9 Å². The molecule has 0 aliphatic carbocycles. The third-order valence-corrected chi connectivity index (χ3v) is 3.86. The van der Waals surface area contributed by atoms with Crippen LogP contribution < -0.4 is 10.1 Å². The number of carbonyl (C=O) groups is 1. The second-order valence-electron chi connectivity index (χ2n) is 5.32. The molecule has 23 heavy (non-hydrogen) atoms. The molecule has 1 aromatic carbocycles. The molecule has 1 atom stereocenters. The molecule has 2 amide bonds. The standard InChI is InChI=1S/C15H22N6O2/c1-6-10(2)20(4)15(22)16-12-7-8-14(23-5)13(9-12)21-11(3)17-18-19-21/h7-10H,6H2,1-5H3,(H,16,22)/t10-/m1/s1. The maximum absolute atomic E-state index is 12.3. The number of nitrogens with one attached hydrogen (secondary N) is 1. The van der Waals surface area contributed by atoms with Crippen LogP contribution in [0.2, 0.25) is 0 Å². The summed E-state index contributed by atoms with van der Waals surface area (Å²) in [5.74, 6) is 1.25. The monoisotopic (exact) mass is 318 g/mol. The second-order valence-corrected chi connectivity index (χ2v) is 5.32. The molecule has 1 aromatic heterocycles. The average Bonchev–Trinajstić information content (AvgIpc) is 2.99. The molecule has 0 saturated carbocycles. The van der Waals surface area contributed by atoms with Crippen LogP contribution in [0.4, 0.5) is 10.5 Å². The van der Waals surface area contributed by atoms with E-state index < -0.39 is 0 Å². The van der Waals surface area contributed by atoms with E-state index in [2.05, 4.69) is 20.8 Å². The summed E-state index contributed by atoms with van der Waals surface area (Å²) < 4.78 is 6.91. The molecule has 0 fully saturated rings. The zero-order valence-electron chi connectivity index (χ0n) is 14.1. The Balaban J connectivity index is 2.28. The highest BCUT2D eigenvalue weighted by atomic mass is 16.5. The van der Waals surface area contributed by atoms with Crippen LogP contribution in [-0.2, 0) is 0 Å². The van der Waals surface area contributed by atoms with E-state index in [0.29, 0.717) is 22.9 Å². The molecule has 8 nitrogen and oxygen atoms in total. The molecule has 0 saturated heterocycles. The number of ether oxygens (including phenoxy) is 1. The van der Waals surface area contributed by atoms with Gasteiger partial charge >= 0.3 is 6.03 Å². The number of anilines is 1. The highest BCUT2D eigenvalue weighted by Crippen LogP contribution is 2.26. The molecule has 124 valence electrons. The summed E-state index contributed by atoms with van der Waals surface area (Å²) in [5, 5.41) is 14.3. The maximum atomic E-state index is 12.3. The number of benzene rings is 1. The predicted molar refractivity (Wildman–Crippen MR) is 87.0 cm³/mol. The quantitative estimate of drug-likeness (QED) is 0.914. The molecular formula is C15H22N6O2. The van der Waals surface area contributed by atoms with Crippen molar-refractivity contribution in [3.63, 3.8) is 0 Å². The number of urea groups is 1. The van der Waals surface area contributed by atoms with E-state index in [1.54, 1.807) is 48.9 Å². The summed E-state index contributed by atoms with van der Waals surface area (Å²) in [5.41, 5.74) is 1.31. The number of rotatable bonds is 5. The zero-order valence-corrected chi connectivity index (χ0v) is 14.1. The summed E-state index contributed by atoms with van der Waals surface area (Å²) in [4.78, 5) is 13.9. The van der Waals surface area contributed by atoms with Gasteiger partial charge in [-0.1, -0.05) is 6.92 Å². The minimum Gasteiger partial charge on any atom is -0.494 e. The topological polar surface area (TPSA) is 85.2 Å². The molecule has 0 bridgehead atoms. The van der Waals surface area contributed by atoms with Crippen LogP contribution in [0.15, 0.2) is 18.2 Å². The Labute approximate surface area is 135 Å². The lowest BCUT2D eigenvalue weighted by Gasteiger charge is -2.24. The van der Waals surface area contributed by atoms with Crippen LogP contribution in [0.5, 0.6) is 5.75 Å². The van der Waals surface area contributed by atoms with E-state index in [4.69, 9.17) is 4.74 Å². The highest BCUT2D eigenvalue weighted by molar-refractivity contribution is 5.89. The Bertz CT molecular complexity index is 684. The number of methoxy groups -OCH3 is 1. The van der Waals surface area contributed by atoms with Gasteiger partial charge in [-0.3, -0.25) is 0 Å². The van der Waals surface area contributed by atoms with Crippen molar-refractivity contribution in [2.24, 2.45) is 0 Å². The van der Waals surface area contributed by atoms with Crippen LogP contribution in [-0.4, -0.2) is 51.3 Å². The number of nitrogens with zero attached hydrogens (tertiary/aromatic N) is 5. The Morgan fingerprint density at radius 1 is 1.48 bits per heavy atom. The fourth-order valence-corrected chi connectivity index (χ4v) is 2.07. The first-order valence-electron chi connectivity index (χ1n) is 7.45. The number of amides is 2. The van der Waals surface area contributed by atoms with E-state index in [1.165, 1.54) is 0 Å². The Kier molecular flexibility index (Phi) is 5.15. The largest absolute Gasteiger partial charge is 0.494 e. The number of tetrazole rings is 1. The van der Waals surface area contributed by atoms with Crippen molar-refractivity contribution in [3.05, 3.63) is 24.0 Å². The van der Waals surface area contributed by atoms with Gasteiger partial charge in [-0.25, -0.2) is 4.79 Å². The van der Waals surface area contributed by atoms with Crippen molar-refractivity contribution in [2.45, 2.75) is 33.2 Å². The summed E-state index contributed by atoms with van der Waals surface area (Å²) in [6, 6.07) is 5.34. The van der Waals surface area contributed by atoms with Crippen molar-refractivity contribution in [3.8, 4) is 11.4 Å². The van der Waals surface area contributed by atoms with Gasteiger partial charge in [-0.2, -0.15) is 4.68 Å². The Morgan fingerprint density at radius 2 is 2.22 bits per heavy atom. The van der Waals surface area contributed by atoms with Crippen LogP contribution in [0.1, 0.15) is 26.1 Å². The van der Waals surface area contributed by atoms with E-state index in [1.807, 2.05) is 13.8 Å². The average molecular weight is 318 g/mol. The molecule has 0 aliphatic rings. The van der Waals surface area contributed by atoms with E-state index in [9.17, 15) is 4.79 Å². The summed E-state index contributed by atoms with van der Waals surface area (Å²) in [7, 11) is 3.35. The van der Waals surface area contributed by atoms with Crippen molar-refractivity contribution in [1.29, 1.82) is 0 Å². The molecule has 0 unspecified atom stereocenters. The summed E-state index contributed by atoms with van der Waals surface area (Å²) in [6.45, 7) is 5.84. The van der Waals surface area contributed by atoms with Crippen LogP contribution >= 0.6 is 0 Å². The third-order valence-electron chi connectivity index (χ3n) is 3.86. The molecule has 2 rings (SSSR count). The molecule has 1 N–H and O–H groups in total. The van der Waals surface area contributed by atoms with Crippen LogP contribution in [0.3, 0.4) is 0 Å². The molecule has 1 heterocycles. The second kappa shape index (κ2) is 7.08. The van der Waals surface area contributed by atoms with Crippen LogP contribution in [0.25, 0.3) is 5.69 Å². The minimum absolute atomic E-state index is 0.162. The van der Waals surface area contributed by atoms with Crippen LogP contribution in [0, 0.1) is 6.92 Å². The normalized spacial score (nSPS) is 11.9. The van der Waals surface area contributed by atoms with Gasteiger partial charge in [0.2, 0.25) is 0 Å². The molecule has 8 heteroatoms. The zero-order chi connectivity index (χ0) is 17.0. The van der Waals surface area contributed by atoms with Gasteiger partial charge in [0.15, 0.2) is 5.82 Å². The van der Waals surface area contributed by atoms with Gasteiger partial charge in [0.1, 0.15) is 11.4 Å². The van der Waals surface area contributed by atoms with Crippen molar-refractivity contribution >= 4 is 11.7 Å². The molecular weight excluding hydrogens is 296 g/mol. The first-order valence-corrected chi connectivity index (χ1v) is 7.45. The molecule has 0 spiro atoms. The number of carbonyl (C=O) groups excluding carboxylic acids is 1. The summed E-state index contributed by atoms with van der Waals surface area (Å²) in [6.07, 6.45) is 0.890. The fraction of sp³-hybridized carbons (Fsp3) is 0.467. The first-order chi connectivity index (χ1) is 11.0. The van der Waals surface area contributed by atoms with Crippen molar-refractivity contribution in [1.82, 2.24) is 25.1 Å². The van der Waals surface area contributed by atoms with E-state index in [-0.39, 0.29) is 12.1 Å². The molecule has 0 radical (unpaired) electrons. The van der Waals surface area contributed by atoms with Gasteiger partial charge in [0.25, 0.3) is 0 Å². The van der Waals surface area contributed by atoms with Gasteiger partial charge in [0, 0.05) is 18.8 Å². The summed E-state index contributed by atoms with van der Waals surface area (Å²) >= 11 is 0. The van der Waals surface area contributed by atoms with E-state index >= 15 is 0 Å². The lowest BCUT2D eigenvalue weighted by Crippen LogP contribution is -2.37. The number of hydrogen-bond acceptors (Lipinski definition) is 5. The van der Waals surface area contributed by atoms with Gasteiger partial charge < -0.3 is 15.0 Å². The lowest BCUT2D eigenvalue weighted by molar-refractivity contribution is 0.206. The SMILES string of the molecule is CC[C@@H](C)N(C)C(=O)Nc1ccc(OC)c(-n2nnnc2C)c1. The molecule has 0 aliphatic heterocycles. The van der Waals surface area contributed by atoms with Crippen molar-refractivity contribution in [2.75, 3.05) is 19.5 Å². The minimum atomic E-state index is -0.163. The number of aryl methyl sites for hydroxylation is 1. The first kappa shape index (κ1) is 16.7. The Morgan fingerprint density at radius 3 is 2.78 bits per heavy atom. The Hall–Kier alpha value is -2.64. The molecule has 2 aromatic rings. The van der Waals surface area contributed by atoms with E-state index in [0.717, 1.165) is 6.42 Å². The maximum Gasteiger partial charge on any atom is 0.321 e. The third kappa shape index (κ3) is 3.58. The highest BCUT2D eigenvalue weighted by Gasteiger charge is 2.16. The van der Waals surface area contributed by atoms with Gasteiger partial charge in [0.05, 0.1) is 7.11 Å². The smallest absolute Gasteiger partial charge is 0.321 e. The number of hydrogen-bond donors (Lipinski definition) is 1. The number of aromatic nitrogens is 4. The predicted octanol–water partition coefficient (Wildman–Crippen LogP) is 2.24. The van der Waals surface area contributed by atoms with Gasteiger partial charge in [-0.15, -0.1) is 5.10 Å². The lowest BCUT2D eigenvalue weighted by atomic mass is 10.2. The fourth-order valence-electron chi connectivity index (χ4n) is 2.07. The van der Waals surface area contributed by atoms with Crippen molar-refractivity contribution < 1.29 is 9.53 Å².